The summed E-state index contributed by atoms with van der Waals surface area (Å²) in [6, 6.07) is 10.4. The van der Waals surface area contributed by atoms with E-state index in [1.165, 1.54) is 5.56 Å². The molecule has 2 N–H and O–H groups in total. The molecule has 1 unspecified atom stereocenters. The normalized spacial score (nSPS) is 18.1. The lowest BCUT2D eigenvalue weighted by Crippen LogP contribution is -2.31. The molecule has 1 aliphatic rings. The van der Waals surface area contributed by atoms with Crippen molar-refractivity contribution in [3.05, 3.63) is 47.8 Å². The zero-order chi connectivity index (χ0) is 14.7. The first-order valence-electron chi connectivity index (χ1n) is 7.18. The number of rotatable bonds is 4. The molecule has 1 amide bonds. The number of nitrogens with zero attached hydrogens (tertiary/aromatic N) is 4. The molecule has 1 aromatic carbocycles. The summed E-state index contributed by atoms with van der Waals surface area (Å²) < 4.78 is 1.56. The SMILES string of the molecule is NCc1cn(CC(=O)N2CCC(c3ccccc3)C2)nn1. The molecule has 0 spiro atoms. The summed E-state index contributed by atoms with van der Waals surface area (Å²) in [6.45, 7) is 2.15. The molecule has 2 aromatic rings. The van der Waals surface area contributed by atoms with Gasteiger partial charge in [0.1, 0.15) is 6.54 Å². The molecule has 0 saturated carbocycles. The second-order valence-electron chi connectivity index (χ2n) is 5.35. The number of amides is 1. The molecule has 0 radical (unpaired) electrons. The highest BCUT2D eigenvalue weighted by molar-refractivity contribution is 5.76. The van der Waals surface area contributed by atoms with E-state index in [1.807, 2.05) is 23.1 Å². The molecule has 6 heteroatoms. The zero-order valence-electron chi connectivity index (χ0n) is 11.9. The number of benzene rings is 1. The maximum Gasteiger partial charge on any atom is 0.244 e. The minimum absolute atomic E-state index is 0.0851. The highest BCUT2D eigenvalue weighted by Gasteiger charge is 2.27. The van der Waals surface area contributed by atoms with Crippen LogP contribution in [0.15, 0.2) is 36.5 Å². The molecule has 110 valence electrons. The number of likely N-dealkylation sites (tertiary alicyclic amines) is 1. The van der Waals surface area contributed by atoms with Crippen LogP contribution in [0, 0.1) is 0 Å². The van der Waals surface area contributed by atoms with Crippen LogP contribution in [-0.2, 0) is 17.9 Å². The van der Waals surface area contributed by atoms with E-state index in [9.17, 15) is 4.79 Å². The number of aromatic nitrogens is 3. The van der Waals surface area contributed by atoms with Gasteiger partial charge >= 0.3 is 0 Å². The monoisotopic (exact) mass is 285 g/mol. The van der Waals surface area contributed by atoms with Crippen LogP contribution < -0.4 is 5.73 Å². The predicted octanol–water partition coefficient (Wildman–Crippen LogP) is 0.753. The fourth-order valence-corrected chi connectivity index (χ4v) is 2.73. The molecule has 2 heterocycles. The molecular formula is C15H19N5O. The van der Waals surface area contributed by atoms with E-state index in [0.29, 0.717) is 18.2 Å². The lowest BCUT2D eigenvalue weighted by atomic mass is 9.99. The minimum Gasteiger partial charge on any atom is -0.340 e. The first kappa shape index (κ1) is 13.8. The van der Waals surface area contributed by atoms with Crippen molar-refractivity contribution in [2.75, 3.05) is 13.1 Å². The van der Waals surface area contributed by atoms with Crippen LogP contribution in [0.5, 0.6) is 0 Å². The number of carbonyl (C=O) groups is 1. The van der Waals surface area contributed by atoms with Crippen LogP contribution in [0.2, 0.25) is 0 Å². The zero-order valence-corrected chi connectivity index (χ0v) is 11.9. The van der Waals surface area contributed by atoms with E-state index in [0.717, 1.165) is 19.5 Å². The summed E-state index contributed by atoms with van der Waals surface area (Å²) in [4.78, 5) is 14.2. The van der Waals surface area contributed by atoms with Crippen molar-refractivity contribution < 1.29 is 4.79 Å². The predicted molar refractivity (Wildman–Crippen MR) is 78.3 cm³/mol. The Morgan fingerprint density at radius 1 is 1.33 bits per heavy atom. The van der Waals surface area contributed by atoms with Crippen molar-refractivity contribution in [2.24, 2.45) is 5.73 Å². The molecule has 1 aliphatic heterocycles. The molecule has 1 aromatic heterocycles. The molecule has 6 nitrogen and oxygen atoms in total. The van der Waals surface area contributed by atoms with Crippen molar-refractivity contribution in [1.29, 1.82) is 0 Å². The first-order chi connectivity index (χ1) is 10.3. The molecule has 0 bridgehead atoms. The standard InChI is InChI=1S/C15H19N5O/c16-8-14-10-20(18-17-14)11-15(21)19-7-6-13(9-19)12-4-2-1-3-5-12/h1-5,10,13H,6-9,11,16H2. The van der Waals surface area contributed by atoms with Crippen molar-refractivity contribution in [2.45, 2.75) is 25.4 Å². The Labute approximate surface area is 123 Å². The van der Waals surface area contributed by atoms with Crippen molar-refractivity contribution in [3.8, 4) is 0 Å². The van der Waals surface area contributed by atoms with Crippen LogP contribution in [0.4, 0.5) is 0 Å². The van der Waals surface area contributed by atoms with Crippen molar-refractivity contribution in [3.63, 3.8) is 0 Å². The van der Waals surface area contributed by atoms with E-state index in [1.54, 1.807) is 10.9 Å². The number of carbonyl (C=O) groups excluding carboxylic acids is 1. The topological polar surface area (TPSA) is 77.0 Å². The summed E-state index contributed by atoms with van der Waals surface area (Å²) >= 11 is 0. The molecule has 1 saturated heterocycles. The van der Waals surface area contributed by atoms with E-state index < -0.39 is 0 Å². The Bertz CT molecular complexity index is 610. The van der Waals surface area contributed by atoms with Gasteiger partial charge in [-0.05, 0) is 12.0 Å². The summed E-state index contributed by atoms with van der Waals surface area (Å²) in [5.74, 6) is 0.521. The Kier molecular flexibility index (Phi) is 3.96. The second kappa shape index (κ2) is 6.05. The highest BCUT2D eigenvalue weighted by Crippen LogP contribution is 2.26. The van der Waals surface area contributed by atoms with Crippen LogP contribution in [0.25, 0.3) is 0 Å². The van der Waals surface area contributed by atoms with Gasteiger partial charge in [0.2, 0.25) is 5.91 Å². The van der Waals surface area contributed by atoms with Gasteiger partial charge < -0.3 is 10.6 Å². The van der Waals surface area contributed by atoms with Crippen LogP contribution in [0.1, 0.15) is 23.6 Å². The maximum atomic E-state index is 12.3. The second-order valence-corrected chi connectivity index (χ2v) is 5.35. The molecule has 3 rings (SSSR count). The van der Waals surface area contributed by atoms with Crippen LogP contribution >= 0.6 is 0 Å². The largest absolute Gasteiger partial charge is 0.340 e. The van der Waals surface area contributed by atoms with Crippen molar-refractivity contribution in [1.82, 2.24) is 19.9 Å². The number of nitrogens with two attached hydrogens (primary N) is 1. The van der Waals surface area contributed by atoms with E-state index in [-0.39, 0.29) is 12.5 Å². The first-order valence-corrected chi connectivity index (χ1v) is 7.18. The molecule has 21 heavy (non-hydrogen) atoms. The van der Waals surface area contributed by atoms with Crippen LogP contribution in [0.3, 0.4) is 0 Å². The summed E-state index contributed by atoms with van der Waals surface area (Å²) in [5, 5.41) is 7.81. The maximum absolute atomic E-state index is 12.3. The molecule has 1 atom stereocenters. The quantitative estimate of drug-likeness (QED) is 0.899. The van der Waals surface area contributed by atoms with Gasteiger partial charge in [0.05, 0.1) is 11.9 Å². The fraction of sp³-hybridized carbons (Fsp3) is 0.400. The molecule has 0 aliphatic carbocycles. The minimum atomic E-state index is 0.0851. The van der Waals surface area contributed by atoms with Gasteiger partial charge in [-0.1, -0.05) is 35.5 Å². The third-order valence-electron chi connectivity index (χ3n) is 3.90. The average molecular weight is 285 g/mol. The smallest absolute Gasteiger partial charge is 0.244 e. The lowest BCUT2D eigenvalue weighted by molar-refractivity contribution is -0.131. The average Bonchev–Trinajstić information content (AvgIpc) is 3.17. The van der Waals surface area contributed by atoms with Crippen molar-refractivity contribution >= 4 is 5.91 Å². The van der Waals surface area contributed by atoms with E-state index >= 15 is 0 Å². The summed E-state index contributed by atoms with van der Waals surface area (Å²) in [5.41, 5.74) is 7.49. The Balaban J connectivity index is 1.59. The van der Waals surface area contributed by atoms with Crippen LogP contribution in [-0.4, -0.2) is 38.9 Å². The molecule has 1 fully saturated rings. The lowest BCUT2D eigenvalue weighted by Gasteiger charge is -2.16. The molecular weight excluding hydrogens is 266 g/mol. The van der Waals surface area contributed by atoms with Gasteiger partial charge in [-0.25, -0.2) is 4.68 Å². The summed E-state index contributed by atoms with van der Waals surface area (Å²) in [6.07, 6.45) is 2.74. The summed E-state index contributed by atoms with van der Waals surface area (Å²) in [7, 11) is 0. The third-order valence-corrected chi connectivity index (χ3v) is 3.90. The van der Waals surface area contributed by atoms with E-state index in [2.05, 4.69) is 22.4 Å². The van der Waals surface area contributed by atoms with Gasteiger partial charge in [-0.3, -0.25) is 4.79 Å². The van der Waals surface area contributed by atoms with Gasteiger partial charge in [-0.2, -0.15) is 0 Å². The van der Waals surface area contributed by atoms with Gasteiger partial charge in [0.15, 0.2) is 0 Å². The highest BCUT2D eigenvalue weighted by atomic mass is 16.2. The Morgan fingerprint density at radius 2 is 2.14 bits per heavy atom. The number of hydrogen-bond acceptors (Lipinski definition) is 4. The Hall–Kier alpha value is -2.21. The fourth-order valence-electron chi connectivity index (χ4n) is 2.73. The Morgan fingerprint density at radius 3 is 2.86 bits per heavy atom. The third kappa shape index (κ3) is 3.11. The van der Waals surface area contributed by atoms with Gasteiger partial charge in [0.25, 0.3) is 0 Å². The van der Waals surface area contributed by atoms with E-state index in [4.69, 9.17) is 5.73 Å². The van der Waals surface area contributed by atoms with Gasteiger partial charge in [-0.15, -0.1) is 5.10 Å². The van der Waals surface area contributed by atoms with Gasteiger partial charge in [0, 0.05) is 25.6 Å². The number of hydrogen-bond donors (Lipinski definition) is 1.